The number of sulfonamides is 1. The maximum atomic E-state index is 12.1. The largest absolute Gasteiger partial charge is 0.489 e. The van der Waals surface area contributed by atoms with Gasteiger partial charge in [-0.05, 0) is 42.0 Å². The van der Waals surface area contributed by atoms with Gasteiger partial charge in [-0.15, -0.1) is 0 Å². The van der Waals surface area contributed by atoms with Gasteiger partial charge in [0, 0.05) is 18.7 Å². The molecule has 0 atom stereocenters. The van der Waals surface area contributed by atoms with E-state index in [9.17, 15) is 13.2 Å². The predicted octanol–water partition coefficient (Wildman–Crippen LogP) is 3.57. The van der Waals surface area contributed by atoms with Gasteiger partial charge in [0.25, 0.3) is 0 Å². The van der Waals surface area contributed by atoms with Gasteiger partial charge in [0.2, 0.25) is 15.9 Å². The molecule has 0 aliphatic heterocycles. The van der Waals surface area contributed by atoms with Crippen LogP contribution in [0.4, 0.5) is 5.69 Å². The molecule has 150 valence electrons. The summed E-state index contributed by atoms with van der Waals surface area (Å²) in [5.74, 6) is 0.418. The van der Waals surface area contributed by atoms with Crippen molar-refractivity contribution in [2.24, 2.45) is 0 Å². The molecule has 3 rings (SSSR count). The van der Waals surface area contributed by atoms with Crippen LogP contribution in [0.25, 0.3) is 0 Å². The Bertz CT molecular complexity index is 1020. The molecule has 3 aromatic rings. The summed E-state index contributed by atoms with van der Waals surface area (Å²) in [6.45, 7) is 0.482. The van der Waals surface area contributed by atoms with Crippen LogP contribution in [0.5, 0.6) is 5.75 Å². The Morgan fingerprint density at radius 2 is 1.45 bits per heavy atom. The first-order chi connectivity index (χ1) is 14.0. The van der Waals surface area contributed by atoms with E-state index in [-0.39, 0.29) is 23.8 Å². The molecular formula is C22H22N2O4S. The Morgan fingerprint density at radius 3 is 2.10 bits per heavy atom. The summed E-state index contributed by atoms with van der Waals surface area (Å²) in [6, 6.07) is 24.9. The molecule has 2 N–H and O–H groups in total. The zero-order chi connectivity index (χ0) is 20.5. The molecule has 29 heavy (non-hydrogen) atoms. The molecule has 0 aromatic heterocycles. The molecule has 6 nitrogen and oxygen atoms in total. The van der Waals surface area contributed by atoms with E-state index in [0.29, 0.717) is 18.0 Å². The predicted molar refractivity (Wildman–Crippen MR) is 112 cm³/mol. The third-order valence-electron chi connectivity index (χ3n) is 4.08. The summed E-state index contributed by atoms with van der Waals surface area (Å²) >= 11 is 0. The molecule has 0 saturated carbocycles. The molecule has 0 saturated heterocycles. The second kappa shape index (κ2) is 9.86. The highest BCUT2D eigenvalue weighted by Gasteiger charge is 2.13. The molecule has 0 radical (unpaired) electrons. The third-order valence-corrected chi connectivity index (χ3v) is 5.56. The third kappa shape index (κ3) is 6.44. The Hall–Kier alpha value is -3.16. The number of nitrogens with one attached hydrogen (secondary N) is 2. The molecule has 3 aromatic carbocycles. The highest BCUT2D eigenvalue weighted by molar-refractivity contribution is 7.89. The van der Waals surface area contributed by atoms with Gasteiger partial charge in [0.05, 0.1) is 4.90 Å². The number of hydrogen-bond donors (Lipinski definition) is 2. The summed E-state index contributed by atoms with van der Waals surface area (Å²) < 4.78 is 32.4. The molecule has 0 heterocycles. The van der Waals surface area contributed by atoms with Crippen LogP contribution in [-0.4, -0.2) is 20.9 Å². The topological polar surface area (TPSA) is 84.5 Å². The first-order valence-electron chi connectivity index (χ1n) is 9.14. The lowest BCUT2D eigenvalue weighted by molar-refractivity contribution is -0.116. The van der Waals surface area contributed by atoms with Crippen LogP contribution in [0.1, 0.15) is 12.0 Å². The molecular weight excluding hydrogens is 388 g/mol. The normalized spacial score (nSPS) is 11.0. The Balaban J connectivity index is 1.43. The van der Waals surface area contributed by atoms with E-state index in [1.54, 1.807) is 42.5 Å². The first kappa shape index (κ1) is 20.6. The fraction of sp³-hybridized carbons (Fsp3) is 0.136. The van der Waals surface area contributed by atoms with Gasteiger partial charge in [0.1, 0.15) is 12.4 Å². The van der Waals surface area contributed by atoms with Gasteiger partial charge in [-0.3, -0.25) is 4.79 Å². The lowest BCUT2D eigenvalue weighted by Gasteiger charge is -2.09. The number of rotatable bonds is 9. The maximum Gasteiger partial charge on any atom is 0.240 e. The number of hydrogen-bond acceptors (Lipinski definition) is 4. The molecule has 0 spiro atoms. The quantitative estimate of drug-likeness (QED) is 0.565. The minimum Gasteiger partial charge on any atom is -0.489 e. The van der Waals surface area contributed by atoms with Gasteiger partial charge < -0.3 is 10.1 Å². The van der Waals surface area contributed by atoms with Crippen molar-refractivity contribution in [1.82, 2.24) is 4.72 Å². The summed E-state index contributed by atoms with van der Waals surface area (Å²) in [5, 5.41) is 2.74. The number of anilines is 1. The zero-order valence-electron chi connectivity index (χ0n) is 15.7. The number of benzene rings is 3. The molecule has 0 aliphatic carbocycles. The molecule has 0 fully saturated rings. The zero-order valence-corrected chi connectivity index (χ0v) is 16.6. The highest BCUT2D eigenvalue weighted by Crippen LogP contribution is 2.17. The molecule has 0 aliphatic rings. The van der Waals surface area contributed by atoms with E-state index < -0.39 is 10.0 Å². The summed E-state index contributed by atoms with van der Waals surface area (Å²) in [4.78, 5) is 12.2. The van der Waals surface area contributed by atoms with Crippen LogP contribution in [0, 0.1) is 0 Å². The fourth-order valence-corrected chi connectivity index (χ4v) is 3.63. The van der Waals surface area contributed by atoms with Crippen molar-refractivity contribution in [3.63, 3.8) is 0 Å². The fourth-order valence-electron chi connectivity index (χ4n) is 2.58. The van der Waals surface area contributed by atoms with Gasteiger partial charge in [0.15, 0.2) is 0 Å². The van der Waals surface area contributed by atoms with Crippen LogP contribution in [0.3, 0.4) is 0 Å². The monoisotopic (exact) mass is 410 g/mol. The van der Waals surface area contributed by atoms with Gasteiger partial charge in [-0.1, -0.05) is 48.5 Å². The second-order valence-corrected chi connectivity index (χ2v) is 8.07. The van der Waals surface area contributed by atoms with E-state index in [1.807, 2.05) is 30.3 Å². The number of carbonyl (C=O) groups excluding carboxylic acids is 1. The minimum atomic E-state index is -3.61. The van der Waals surface area contributed by atoms with Crippen LogP contribution in [-0.2, 0) is 21.4 Å². The standard InChI is InChI=1S/C22H22N2O4S/c25-22(15-16-23-29(26,27)21-9-5-2-6-10-21)24-19-11-13-20(14-12-19)28-17-18-7-3-1-4-8-18/h1-14,23H,15-17H2,(H,24,25). The van der Waals surface area contributed by atoms with Crippen molar-refractivity contribution >= 4 is 21.6 Å². The SMILES string of the molecule is O=C(CCNS(=O)(=O)c1ccccc1)Nc1ccc(OCc2ccccc2)cc1. The average molecular weight is 410 g/mol. The van der Waals surface area contributed by atoms with E-state index in [2.05, 4.69) is 10.0 Å². The van der Waals surface area contributed by atoms with E-state index in [0.717, 1.165) is 5.56 Å². The number of amides is 1. The minimum absolute atomic E-state index is 0.0152. The van der Waals surface area contributed by atoms with E-state index >= 15 is 0 Å². The molecule has 7 heteroatoms. The van der Waals surface area contributed by atoms with Crippen LogP contribution in [0.2, 0.25) is 0 Å². The molecule has 1 amide bonds. The second-order valence-electron chi connectivity index (χ2n) is 6.31. The van der Waals surface area contributed by atoms with Crippen LogP contribution in [0.15, 0.2) is 89.8 Å². The van der Waals surface area contributed by atoms with Crippen molar-refractivity contribution in [2.75, 3.05) is 11.9 Å². The lowest BCUT2D eigenvalue weighted by Crippen LogP contribution is -2.27. The van der Waals surface area contributed by atoms with Gasteiger partial charge in [-0.2, -0.15) is 0 Å². The Labute approximate surface area is 170 Å². The van der Waals surface area contributed by atoms with Crippen LogP contribution < -0.4 is 14.8 Å². The lowest BCUT2D eigenvalue weighted by atomic mass is 10.2. The summed E-state index contributed by atoms with van der Waals surface area (Å²) in [5.41, 5.74) is 1.69. The summed E-state index contributed by atoms with van der Waals surface area (Å²) in [6.07, 6.45) is 0.0261. The Morgan fingerprint density at radius 1 is 0.828 bits per heavy atom. The number of ether oxygens (including phenoxy) is 1. The highest BCUT2D eigenvalue weighted by atomic mass is 32.2. The van der Waals surface area contributed by atoms with Crippen molar-refractivity contribution in [3.05, 3.63) is 90.5 Å². The van der Waals surface area contributed by atoms with E-state index in [1.165, 1.54) is 12.1 Å². The average Bonchev–Trinajstić information content (AvgIpc) is 2.74. The maximum absolute atomic E-state index is 12.1. The van der Waals surface area contributed by atoms with Crippen molar-refractivity contribution < 1.29 is 17.9 Å². The van der Waals surface area contributed by atoms with Crippen molar-refractivity contribution in [2.45, 2.75) is 17.9 Å². The van der Waals surface area contributed by atoms with Crippen LogP contribution >= 0.6 is 0 Å². The smallest absolute Gasteiger partial charge is 0.240 e. The first-order valence-corrected chi connectivity index (χ1v) is 10.6. The Kier molecular flexibility index (Phi) is 6.99. The molecule has 0 unspecified atom stereocenters. The van der Waals surface area contributed by atoms with E-state index in [4.69, 9.17) is 4.74 Å². The summed E-state index contributed by atoms with van der Waals surface area (Å²) in [7, 11) is -3.61. The van der Waals surface area contributed by atoms with Crippen molar-refractivity contribution in [3.8, 4) is 5.75 Å². The van der Waals surface area contributed by atoms with Gasteiger partial charge >= 0.3 is 0 Å². The van der Waals surface area contributed by atoms with Gasteiger partial charge in [-0.25, -0.2) is 13.1 Å². The molecule has 0 bridgehead atoms. The number of carbonyl (C=O) groups is 1. The van der Waals surface area contributed by atoms with Crippen molar-refractivity contribution in [1.29, 1.82) is 0 Å².